The van der Waals surface area contributed by atoms with Crippen LogP contribution >= 0.6 is 11.6 Å². The van der Waals surface area contributed by atoms with E-state index in [-0.39, 0.29) is 0 Å². The first-order valence-corrected chi connectivity index (χ1v) is 6.78. The minimum absolute atomic E-state index is 0.348. The van der Waals surface area contributed by atoms with Crippen molar-refractivity contribution in [1.29, 1.82) is 0 Å². The lowest BCUT2D eigenvalue weighted by atomic mass is 9.94. The van der Waals surface area contributed by atoms with E-state index in [1.54, 1.807) is 0 Å². The smallest absolute Gasteiger partial charge is 0.0539 e. The Morgan fingerprint density at radius 2 is 2.24 bits per heavy atom. The molecule has 1 aliphatic rings. The van der Waals surface area contributed by atoms with Crippen LogP contribution < -0.4 is 5.32 Å². The van der Waals surface area contributed by atoms with Gasteiger partial charge in [-0.2, -0.15) is 0 Å². The maximum atomic E-state index is 6.12. The van der Waals surface area contributed by atoms with Crippen molar-refractivity contribution >= 4 is 11.6 Å². The summed E-state index contributed by atoms with van der Waals surface area (Å²) in [5.41, 5.74) is 4.16. The number of rotatable bonds is 4. The highest BCUT2D eigenvalue weighted by Gasteiger charge is 2.19. The lowest BCUT2D eigenvalue weighted by Crippen LogP contribution is -2.23. The van der Waals surface area contributed by atoms with Crippen molar-refractivity contribution < 1.29 is 0 Å². The quantitative estimate of drug-likeness (QED) is 0.780. The monoisotopic (exact) mass is 249 g/mol. The molecule has 0 amide bonds. The largest absolute Gasteiger partial charge is 0.307 e. The predicted octanol–water partition coefficient (Wildman–Crippen LogP) is 4.41. The number of likely N-dealkylation sites (N-methyl/N-ethyl adjacent to an activating group) is 1. The summed E-state index contributed by atoms with van der Waals surface area (Å²) in [5, 5.41) is 4.41. The zero-order valence-electron chi connectivity index (χ0n) is 10.6. The molecular weight excluding hydrogens is 230 g/mol. The van der Waals surface area contributed by atoms with Crippen molar-refractivity contribution in [2.75, 3.05) is 6.54 Å². The Bertz CT molecular complexity index is 423. The van der Waals surface area contributed by atoms with Crippen LogP contribution in [-0.2, 0) is 0 Å². The van der Waals surface area contributed by atoms with Crippen molar-refractivity contribution in [3.05, 3.63) is 46.0 Å². The van der Waals surface area contributed by atoms with Gasteiger partial charge in [-0.25, -0.2) is 0 Å². The van der Waals surface area contributed by atoms with Crippen LogP contribution in [0.15, 0.2) is 29.8 Å². The average Bonchev–Trinajstić information content (AvgIpc) is 2.83. The molecule has 0 saturated heterocycles. The molecule has 0 radical (unpaired) electrons. The molecule has 2 rings (SSSR count). The molecule has 1 unspecified atom stereocenters. The van der Waals surface area contributed by atoms with Crippen LogP contribution in [0.2, 0.25) is 5.02 Å². The number of benzene rings is 1. The summed E-state index contributed by atoms with van der Waals surface area (Å²) >= 11 is 6.12. The number of nitrogens with one attached hydrogen (secondary N) is 1. The molecule has 0 saturated carbocycles. The highest BCUT2D eigenvalue weighted by molar-refractivity contribution is 6.30. The maximum absolute atomic E-state index is 6.12. The number of hydrogen-bond acceptors (Lipinski definition) is 1. The zero-order chi connectivity index (χ0) is 12.3. The lowest BCUT2D eigenvalue weighted by molar-refractivity contribution is 0.603. The second-order valence-electron chi connectivity index (χ2n) is 4.66. The van der Waals surface area contributed by atoms with Crippen LogP contribution in [0.1, 0.15) is 43.4 Å². The van der Waals surface area contributed by atoms with E-state index in [1.807, 2.05) is 6.07 Å². The van der Waals surface area contributed by atoms with Gasteiger partial charge in [0.2, 0.25) is 0 Å². The maximum Gasteiger partial charge on any atom is 0.0539 e. The molecule has 0 bridgehead atoms. The molecule has 92 valence electrons. The summed E-state index contributed by atoms with van der Waals surface area (Å²) in [6.45, 7) is 5.29. The van der Waals surface area contributed by atoms with Gasteiger partial charge in [-0.1, -0.05) is 36.2 Å². The summed E-state index contributed by atoms with van der Waals surface area (Å²) in [6, 6.07) is 6.52. The molecule has 0 spiro atoms. The van der Waals surface area contributed by atoms with Crippen LogP contribution in [-0.4, -0.2) is 6.54 Å². The lowest BCUT2D eigenvalue weighted by Gasteiger charge is -2.22. The molecule has 0 aliphatic heterocycles. The van der Waals surface area contributed by atoms with Gasteiger partial charge >= 0.3 is 0 Å². The van der Waals surface area contributed by atoms with Gasteiger partial charge in [0.15, 0.2) is 0 Å². The van der Waals surface area contributed by atoms with Crippen LogP contribution in [0.3, 0.4) is 0 Å². The average molecular weight is 250 g/mol. The molecule has 1 N–H and O–H groups in total. The second-order valence-corrected chi connectivity index (χ2v) is 5.10. The minimum Gasteiger partial charge on any atom is -0.307 e. The first-order chi connectivity index (χ1) is 8.22. The summed E-state index contributed by atoms with van der Waals surface area (Å²) in [6.07, 6.45) is 6.10. The Morgan fingerprint density at radius 1 is 1.41 bits per heavy atom. The molecular formula is C15H20ClN. The van der Waals surface area contributed by atoms with Gasteiger partial charge in [-0.3, -0.25) is 0 Å². The molecule has 1 aromatic rings. The Hall–Kier alpha value is -0.790. The molecule has 0 aromatic heterocycles. The van der Waals surface area contributed by atoms with Crippen molar-refractivity contribution in [2.24, 2.45) is 0 Å². The van der Waals surface area contributed by atoms with E-state index < -0.39 is 0 Å². The highest BCUT2D eigenvalue weighted by Crippen LogP contribution is 2.33. The van der Waals surface area contributed by atoms with Crippen molar-refractivity contribution in [1.82, 2.24) is 5.32 Å². The van der Waals surface area contributed by atoms with Gasteiger partial charge < -0.3 is 5.32 Å². The van der Waals surface area contributed by atoms with Crippen molar-refractivity contribution in [3.63, 3.8) is 0 Å². The Morgan fingerprint density at radius 3 is 2.88 bits per heavy atom. The molecule has 0 fully saturated rings. The normalized spacial score (nSPS) is 17.0. The summed E-state index contributed by atoms with van der Waals surface area (Å²) in [5.74, 6) is 0. The molecule has 1 atom stereocenters. The summed E-state index contributed by atoms with van der Waals surface area (Å²) in [4.78, 5) is 0. The van der Waals surface area contributed by atoms with E-state index in [0.717, 1.165) is 11.6 Å². The predicted molar refractivity (Wildman–Crippen MR) is 74.5 cm³/mol. The Kier molecular flexibility index (Phi) is 4.25. The van der Waals surface area contributed by atoms with Gasteiger partial charge in [-0.15, -0.1) is 0 Å². The standard InChI is InChI=1S/C15H20ClN/c1-3-17-15(12-6-4-5-7-12)14-10-13(16)9-8-11(14)2/h6,8-10,15,17H,3-5,7H2,1-2H3. The number of halogens is 1. The fourth-order valence-corrected chi connectivity index (χ4v) is 2.71. The van der Waals surface area contributed by atoms with Gasteiger partial charge in [0.25, 0.3) is 0 Å². The van der Waals surface area contributed by atoms with Gasteiger partial charge in [0.05, 0.1) is 6.04 Å². The highest BCUT2D eigenvalue weighted by atomic mass is 35.5. The van der Waals surface area contributed by atoms with Gasteiger partial charge in [0.1, 0.15) is 0 Å². The number of allylic oxidation sites excluding steroid dienone is 1. The van der Waals surface area contributed by atoms with E-state index in [2.05, 4.69) is 37.4 Å². The van der Waals surface area contributed by atoms with Crippen LogP contribution in [0, 0.1) is 6.92 Å². The van der Waals surface area contributed by atoms with E-state index in [9.17, 15) is 0 Å². The van der Waals surface area contributed by atoms with Crippen molar-refractivity contribution in [2.45, 2.75) is 39.2 Å². The topological polar surface area (TPSA) is 12.0 Å². The molecule has 17 heavy (non-hydrogen) atoms. The van der Waals surface area contributed by atoms with E-state index in [4.69, 9.17) is 11.6 Å². The number of aryl methyl sites for hydroxylation is 1. The summed E-state index contributed by atoms with van der Waals surface area (Å²) in [7, 11) is 0. The van der Waals surface area contributed by atoms with E-state index in [0.29, 0.717) is 6.04 Å². The third kappa shape index (κ3) is 2.91. The first-order valence-electron chi connectivity index (χ1n) is 6.40. The molecule has 2 heteroatoms. The SMILES string of the molecule is CCNC(C1=CCCC1)c1cc(Cl)ccc1C. The van der Waals surface area contributed by atoms with Crippen molar-refractivity contribution in [3.8, 4) is 0 Å². The Balaban J connectivity index is 2.34. The second kappa shape index (κ2) is 5.70. The fourth-order valence-electron chi connectivity index (χ4n) is 2.53. The zero-order valence-corrected chi connectivity index (χ0v) is 11.3. The minimum atomic E-state index is 0.348. The Labute approximate surface area is 109 Å². The van der Waals surface area contributed by atoms with Crippen LogP contribution in [0.5, 0.6) is 0 Å². The van der Waals surface area contributed by atoms with Gasteiger partial charge in [-0.05, 0) is 56.0 Å². The third-order valence-electron chi connectivity index (χ3n) is 3.41. The number of hydrogen-bond donors (Lipinski definition) is 1. The molecule has 1 nitrogen and oxygen atoms in total. The molecule has 1 aliphatic carbocycles. The van der Waals surface area contributed by atoms with Crippen LogP contribution in [0.4, 0.5) is 0 Å². The summed E-state index contributed by atoms with van der Waals surface area (Å²) < 4.78 is 0. The first kappa shape index (κ1) is 12.7. The molecule has 0 heterocycles. The van der Waals surface area contributed by atoms with E-state index in [1.165, 1.54) is 36.0 Å². The third-order valence-corrected chi connectivity index (χ3v) is 3.64. The fraction of sp³-hybridized carbons (Fsp3) is 0.467. The molecule has 1 aromatic carbocycles. The van der Waals surface area contributed by atoms with Gasteiger partial charge in [0, 0.05) is 5.02 Å². The van der Waals surface area contributed by atoms with Crippen LogP contribution in [0.25, 0.3) is 0 Å². The van der Waals surface area contributed by atoms with E-state index >= 15 is 0 Å².